The van der Waals surface area contributed by atoms with Crippen LogP contribution >= 0.6 is 7.82 Å². The van der Waals surface area contributed by atoms with Gasteiger partial charge >= 0.3 is 7.82 Å². The van der Waals surface area contributed by atoms with Gasteiger partial charge in [0.1, 0.15) is 13.2 Å². The standard InChI is InChI=1S/C47H83N2O6P/c1-6-8-10-12-13-14-15-16-17-18-19-20-21-22-23-24-25-26-27-28-29-30-31-32-33-34-35-37-39-41-47(51)48-45(46(50)40-38-36-11-9-7-2)44-55-56(52,53)54-43-42-49(3,4)5/h8,10,13-14,16-17,19-20,22-23,25-26,38,40,45-46,50H,6-7,9,11-12,15,18,21,24,27-37,39,41-44H2,1-5H3,(H-,48,51,52,53)/p+1/b10-8-,14-13-,17-16-,20-19-,23-22-,26-25-,40-38+. The Kier molecular flexibility index (Phi) is 36.6. The maximum atomic E-state index is 12.8. The number of allylic oxidation sites excluding steroid dienone is 13. The number of carbonyl (C=O) groups excluding carboxylic acids is 1. The molecule has 0 spiro atoms. The first-order chi connectivity index (χ1) is 27.0. The number of likely N-dealkylation sites (N-methyl/N-ethyl adjacent to an activating group) is 1. The molecular formula is C47H84N2O6P+. The zero-order chi connectivity index (χ0) is 41.4. The Morgan fingerprint density at radius 2 is 1.07 bits per heavy atom. The second kappa shape index (κ2) is 38.2. The molecule has 0 saturated carbocycles. The quantitative estimate of drug-likeness (QED) is 0.0248. The van der Waals surface area contributed by atoms with Gasteiger partial charge in [-0.25, -0.2) is 4.57 Å². The van der Waals surface area contributed by atoms with Crippen molar-refractivity contribution in [2.75, 3.05) is 40.9 Å². The summed E-state index contributed by atoms with van der Waals surface area (Å²) in [6.07, 6.45) is 52.8. The van der Waals surface area contributed by atoms with E-state index in [4.69, 9.17) is 9.05 Å². The fourth-order valence-electron chi connectivity index (χ4n) is 5.63. The number of amides is 1. The number of carbonyl (C=O) groups is 1. The number of hydrogen-bond donors (Lipinski definition) is 3. The van der Waals surface area contributed by atoms with Crippen LogP contribution in [0.5, 0.6) is 0 Å². The van der Waals surface area contributed by atoms with Gasteiger partial charge in [0.05, 0.1) is 39.9 Å². The van der Waals surface area contributed by atoms with E-state index < -0.39 is 20.0 Å². The second-order valence-electron chi connectivity index (χ2n) is 15.7. The van der Waals surface area contributed by atoms with Gasteiger partial charge in [0.15, 0.2) is 0 Å². The number of nitrogens with one attached hydrogen (secondary N) is 1. The molecule has 0 fully saturated rings. The summed E-state index contributed by atoms with van der Waals surface area (Å²) in [4.78, 5) is 22.9. The third kappa shape index (κ3) is 39.9. The first-order valence-corrected chi connectivity index (χ1v) is 23.5. The zero-order valence-electron chi connectivity index (χ0n) is 36.3. The molecule has 0 aromatic rings. The largest absolute Gasteiger partial charge is 0.472 e. The van der Waals surface area contributed by atoms with Gasteiger partial charge in [-0.3, -0.25) is 13.8 Å². The molecule has 0 aliphatic heterocycles. The van der Waals surface area contributed by atoms with Crippen LogP contribution in [0.25, 0.3) is 0 Å². The highest BCUT2D eigenvalue weighted by atomic mass is 31.2. The Balaban J connectivity index is 4.04. The Hall–Kier alpha value is -2.32. The number of aliphatic hydroxyl groups excluding tert-OH is 1. The van der Waals surface area contributed by atoms with Crippen LogP contribution in [0.3, 0.4) is 0 Å². The van der Waals surface area contributed by atoms with Gasteiger partial charge in [-0.1, -0.05) is 163 Å². The number of phosphoric ester groups is 1. The summed E-state index contributed by atoms with van der Waals surface area (Å²) in [5, 5.41) is 13.6. The smallest absolute Gasteiger partial charge is 0.387 e. The highest BCUT2D eigenvalue weighted by molar-refractivity contribution is 7.47. The van der Waals surface area contributed by atoms with Gasteiger partial charge in [-0.05, 0) is 70.6 Å². The lowest BCUT2D eigenvalue weighted by atomic mass is 10.0. The molecule has 0 bridgehead atoms. The van der Waals surface area contributed by atoms with Crippen molar-refractivity contribution < 1.29 is 32.9 Å². The predicted molar refractivity (Wildman–Crippen MR) is 239 cm³/mol. The van der Waals surface area contributed by atoms with E-state index in [9.17, 15) is 19.4 Å². The van der Waals surface area contributed by atoms with E-state index in [2.05, 4.69) is 92.1 Å². The predicted octanol–water partition coefficient (Wildman–Crippen LogP) is 12.2. The molecule has 8 nitrogen and oxygen atoms in total. The van der Waals surface area contributed by atoms with Crippen molar-refractivity contribution in [2.24, 2.45) is 0 Å². The third-order valence-electron chi connectivity index (χ3n) is 9.12. The number of unbranched alkanes of at least 4 members (excludes halogenated alkanes) is 13. The average molecular weight is 804 g/mol. The summed E-state index contributed by atoms with van der Waals surface area (Å²) < 4.78 is 23.3. The number of quaternary nitrogens is 1. The molecule has 0 radical (unpaired) electrons. The van der Waals surface area contributed by atoms with Crippen LogP contribution in [-0.4, -0.2) is 73.4 Å². The van der Waals surface area contributed by atoms with Crippen LogP contribution in [0.1, 0.15) is 155 Å². The van der Waals surface area contributed by atoms with Gasteiger partial charge in [-0.15, -0.1) is 0 Å². The van der Waals surface area contributed by atoms with Gasteiger partial charge in [-0.2, -0.15) is 0 Å². The fourth-order valence-corrected chi connectivity index (χ4v) is 6.37. The first-order valence-electron chi connectivity index (χ1n) is 22.0. The van der Waals surface area contributed by atoms with Crippen LogP contribution in [0, 0.1) is 0 Å². The lowest BCUT2D eigenvalue weighted by Crippen LogP contribution is -2.45. The Morgan fingerprint density at radius 3 is 1.57 bits per heavy atom. The molecule has 0 aromatic heterocycles. The number of rotatable bonds is 38. The van der Waals surface area contributed by atoms with E-state index in [-0.39, 0.29) is 19.1 Å². The first kappa shape index (κ1) is 53.7. The molecule has 0 aliphatic rings. The molecular weight excluding hydrogens is 719 g/mol. The van der Waals surface area contributed by atoms with Crippen molar-refractivity contribution in [1.29, 1.82) is 0 Å². The SMILES string of the molecule is CC/C=C\C/C=C\C/C=C\C/C=C\C/C=C\C/C=C\CCCCCCCCCCCCC(=O)NC(COP(=O)(O)OCC[N+](C)(C)C)C(O)/C=C/CCCCC. The van der Waals surface area contributed by atoms with E-state index in [0.717, 1.165) is 89.9 Å². The summed E-state index contributed by atoms with van der Waals surface area (Å²) >= 11 is 0. The Bertz CT molecular complexity index is 1180. The van der Waals surface area contributed by atoms with Gasteiger partial charge < -0.3 is 19.8 Å². The van der Waals surface area contributed by atoms with E-state index in [1.165, 1.54) is 44.9 Å². The molecule has 0 aliphatic carbocycles. The molecule has 3 unspecified atom stereocenters. The molecule has 9 heteroatoms. The molecule has 0 aromatic carbocycles. The summed E-state index contributed by atoms with van der Waals surface area (Å²) in [6.45, 7) is 4.55. The minimum absolute atomic E-state index is 0.0555. The van der Waals surface area contributed by atoms with Crippen molar-refractivity contribution in [1.82, 2.24) is 5.32 Å². The maximum absolute atomic E-state index is 12.8. The molecule has 0 heterocycles. The van der Waals surface area contributed by atoms with Gasteiger partial charge in [0, 0.05) is 6.42 Å². The highest BCUT2D eigenvalue weighted by Gasteiger charge is 2.27. The topological polar surface area (TPSA) is 105 Å². The summed E-state index contributed by atoms with van der Waals surface area (Å²) in [7, 11) is 1.55. The molecule has 322 valence electrons. The third-order valence-corrected chi connectivity index (χ3v) is 10.1. The number of nitrogens with zero attached hydrogens (tertiary/aromatic N) is 1. The van der Waals surface area contributed by atoms with Crippen molar-refractivity contribution >= 4 is 13.7 Å². The molecule has 3 N–H and O–H groups in total. The van der Waals surface area contributed by atoms with Crippen LogP contribution in [-0.2, 0) is 18.4 Å². The summed E-state index contributed by atoms with van der Waals surface area (Å²) in [5.41, 5.74) is 0. The average Bonchev–Trinajstić information content (AvgIpc) is 3.15. The zero-order valence-corrected chi connectivity index (χ0v) is 37.2. The van der Waals surface area contributed by atoms with Crippen LogP contribution in [0.2, 0.25) is 0 Å². The lowest BCUT2D eigenvalue weighted by Gasteiger charge is -2.25. The Morgan fingerprint density at radius 1 is 0.625 bits per heavy atom. The number of phosphoric acid groups is 1. The summed E-state index contributed by atoms with van der Waals surface area (Å²) in [5.74, 6) is -0.195. The van der Waals surface area contributed by atoms with Crippen LogP contribution in [0.4, 0.5) is 0 Å². The van der Waals surface area contributed by atoms with Crippen LogP contribution < -0.4 is 5.32 Å². The minimum Gasteiger partial charge on any atom is -0.387 e. The fraction of sp³-hybridized carbons (Fsp3) is 0.681. The summed E-state index contributed by atoms with van der Waals surface area (Å²) in [6, 6.07) is -0.849. The van der Waals surface area contributed by atoms with Crippen molar-refractivity contribution in [3.05, 3.63) is 85.1 Å². The Labute approximate surface area is 344 Å². The molecule has 0 saturated heterocycles. The number of hydrogen-bond acceptors (Lipinski definition) is 5. The molecule has 1 amide bonds. The number of aliphatic hydroxyl groups is 1. The van der Waals surface area contributed by atoms with Gasteiger partial charge in [0.25, 0.3) is 0 Å². The normalized spacial score (nSPS) is 15.2. The monoisotopic (exact) mass is 804 g/mol. The van der Waals surface area contributed by atoms with Gasteiger partial charge in [0.2, 0.25) is 5.91 Å². The van der Waals surface area contributed by atoms with E-state index in [1.54, 1.807) is 6.08 Å². The lowest BCUT2D eigenvalue weighted by molar-refractivity contribution is -0.870. The second-order valence-corrected chi connectivity index (χ2v) is 17.1. The van der Waals surface area contributed by atoms with E-state index >= 15 is 0 Å². The maximum Gasteiger partial charge on any atom is 0.472 e. The van der Waals surface area contributed by atoms with Crippen molar-refractivity contribution in [3.63, 3.8) is 0 Å². The highest BCUT2D eigenvalue weighted by Crippen LogP contribution is 2.43. The molecule has 0 rings (SSSR count). The van der Waals surface area contributed by atoms with Crippen molar-refractivity contribution in [3.8, 4) is 0 Å². The van der Waals surface area contributed by atoms with E-state index in [0.29, 0.717) is 17.4 Å². The molecule has 3 atom stereocenters. The van der Waals surface area contributed by atoms with E-state index in [1.807, 2.05) is 27.2 Å². The van der Waals surface area contributed by atoms with Crippen LogP contribution in [0.15, 0.2) is 85.1 Å². The van der Waals surface area contributed by atoms with Crippen molar-refractivity contribution in [2.45, 2.75) is 167 Å². The molecule has 56 heavy (non-hydrogen) atoms. The minimum atomic E-state index is -4.33.